The number of aromatic nitrogens is 2. The van der Waals surface area contributed by atoms with Gasteiger partial charge in [0.15, 0.2) is 11.6 Å². The highest BCUT2D eigenvalue weighted by Crippen LogP contribution is 2.33. The molecular weight excluding hydrogens is 418 g/mol. The number of carbonyl (C=O) groups excluding carboxylic acids is 1. The van der Waals surface area contributed by atoms with Gasteiger partial charge in [0.25, 0.3) is 0 Å². The molecule has 162 valence electrons. The van der Waals surface area contributed by atoms with E-state index in [4.69, 9.17) is 4.42 Å². The lowest BCUT2D eigenvalue weighted by molar-refractivity contribution is -0.139. The van der Waals surface area contributed by atoms with Crippen LogP contribution >= 0.6 is 0 Å². The molecule has 0 bridgehead atoms. The van der Waals surface area contributed by atoms with Gasteiger partial charge in [-0.05, 0) is 42.5 Å². The minimum Gasteiger partial charge on any atom is -0.463 e. The molecule has 0 aliphatic carbocycles. The molecule has 1 aliphatic heterocycles. The fourth-order valence-corrected chi connectivity index (χ4v) is 3.21. The second kappa shape index (κ2) is 8.25. The molecule has 1 saturated heterocycles. The minimum atomic E-state index is -4.84. The van der Waals surface area contributed by atoms with Crippen LogP contribution in [0.2, 0.25) is 0 Å². The lowest BCUT2D eigenvalue weighted by atomic mass is 10.2. The maximum atomic E-state index is 13.4. The Kier molecular flexibility index (Phi) is 5.49. The summed E-state index contributed by atoms with van der Waals surface area (Å²) in [6.07, 6.45) is -3.30. The molecule has 3 aromatic rings. The zero-order chi connectivity index (χ0) is 22.0. The molecule has 11 heteroatoms. The molecule has 3 heterocycles. The zero-order valence-electron chi connectivity index (χ0n) is 16.1. The van der Waals surface area contributed by atoms with Gasteiger partial charge in [0, 0.05) is 31.9 Å². The number of hydrogen-bond donors (Lipinski definition) is 1. The molecule has 31 heavy (non-hydrogen) atoms. The predicted molar refractivity (Wildman–Crippen MR) is 104 cm³/mol. The summed E-state index contributed by atoms with van der Waals surface area (Å²) < 4.78 is 57.2. The topological polar surface area (TPSA) is 74.5 Å². The van der Waals surface area contributed by atoms with Crippen molar-refractivity contribution in [2.24, 2.45) is 0 Å². The highest BCUT2D eigenvalue weighted by molar-refractivity contribution is 5.89. The van der Waals surface area contributed by atoms with Crippen molar-refractivity contribution in [2.45, 2.75) is 6.18 Å². The standard InChI is InChI=1S/C20H17F4N5O2/c21-15-4-3-13(12-14(15)20(22,23)24)25-19(30)29-9-7-28(8-10-29)18-6-5-16(26-27-18)17-2-1-11-31-17/h1-6,11-12H,7-10H2,(H,25,30). The van der Waals surface area contributed by atoms with Crippen molar-refractivity contribution in [2.75, 3.05) is 36.4 Å². The summed E-state index contributed by atoms with van der Waals surface area (Å²) in [4.78, 5) is 15.8. The first-order valence-corrected chi connectivity index (χ1v) is 9.36. The second-order valence-electron chi connectivity index (χ2n) is 6.85. The molecule has 1 fully saturated rings. The van der Waals surface area contributed by atoms with Crippen molar-refractivity contribution < 1.29 is 26.8 Å². The first kappa shape index (κ1) is 20.6. The smallest absolute Gasteiger partial charge is 0.419 e. The Balaban J connectivity index is 1.35. The number of amides is 2. The van der Waals surface area contributed by atoms with Crippen LogP contribution < -0.4 is 10.2 Å². The van der Waals surface area contributed by atoms with Crippen molar-refractivity contribution in [1.82, 2.24) is 15.1 Å². The first-order valence-electron chi connectivity index (χ1n) is 9.36. The van der Waals surface area contributed by atoms with E-state index in [1.807, 2.05) is 4.90 Å². The molecule has 1 aliphatic rings. The largest absolute Gasteiger partial charge is 0.463 e. The van der Waals surface area contributed by atoms with E-state index in [2.05, 4.69) is 15.5 Å². The van der Waals surface area contributed by atoms with E-state index < -0.39 is 23.6 Å². The lowest BCUT2D eigenvalue weighted by Gasteiger charge is -2.35. The lowest BCUT2D eigenvalue weighted by Crippen LogP contribution is -2.50. The Bertz CT molecular complexity index is 1050. The van der Waals surface area contributed by atoms with Gasteiger partial charge in [-0.3, -0.25) is 0 Å². The molecule has 1 aromatic carbocycles. The number of hydrogen-bond acceptors (Lipinski definition) is 5. The molecule has 0 spiro atoms. The van der Waals surface area contributed by atoms with Crippen molar-refractivity contribution in [1.29, 1.82) is 0 Å². The quantitative estimate of drug-likeness (QED) is 0.623. The average molecular weight is 435 g/mol. The van der Waals surface area contributed by atoms with Crippen LogP contribution in [0.1, 0.15) is 5.56 Å². The minimum absolute atomic E-state index is 0.125. The van der Waals surface area contributed by atoms with Gasteiger partial charge in [-0.15, -0.1) is 10.2 Å². The summed E-state index contributed by atoms with van der Waals surface area (Å²) in [5.41, 5.74) is -0.948. The summed E-state index contributed by atoms with van der Waals surface area (Å²) in [7, 11) is 0. The third-order valence-electron chi connectivity index (χ3n) is 4.84. The number of benzene rings is 1. The summed E-state index contributed by atoms with van der Waals surface area (Å²) in [5, 5.41) is 10.7. The van der Waals surface area contributed by atoms with E-state index in [1.165, 1.54) is 4.90 Å². The Morgan fingerprint density at radius 1 is 1.03 bits per heavy atom. The maximum absolute atomic E-state index is 13.4. The number of nitrogens with zero attached hydrogens (tertiary/aromatic N) is 4. The number of alkyl halides is 3. The van der Waals surface area contributed by atoms with Gasteiger partial charge in [0.1, 0.15) is 11.5 Å². The highest BCUT2D eigenvalue weighted by Gasteiger charge is 2.34. The molecule has 7 nitrogen and oxygen atoms in total. The summed E-state index contributed by atoms with van der Waals surface area (Å²) in [6.45, 7) is 1.61. The molecular formula is C20H17F4N5O2. The summed E-state index contributed by atoms with van der Waals surface area (Å²) >= 11 is 0. The van der Waals surface area contributed by atoms with Crippen molar-refractivity contribution in [3.63, 3.8) is 0 Å². The van der Waals surface area contributed by atoms with Gasteiger partial charge in [0.05, 0.1) is 11.8 Å². The third kappa shape index (κ3) is 4.60. The van der Waals surface area contributed by atoms with Crippen LogP contribution in [0.3, 0.4) is 0 Å². The number of halogens is 4. The van der Waals surface area contributed by atoms with Gasteiger partial charge in [-0.1, -0.05) is 0 Å². The van der Waals surface area contributed by atoms with Crippen LogP contribution in [0, 0.1) is 5.82 Å². The highest BCUT2D eigenvalue weighted by atomic mass is 19.4. The van der Waals surface area contributed by atoms with E-state index >= 15 is 0 Å². The van der Waals surface area contributed by atoms with Gasteiger partial charge in [-0.2, -0.15) is 13.2 Å². The fraction of sp³-hybridized carbons (Fsp3) is 0.250. The summed E-state index contributed by atoms with van der Waals surface area (Å²) in [5.74, 6) is -0.142. The number of carbonyl (C=O) groups is 1. The molecule has 2 amide bonds. The molecule has 0 radical (unpaired) electrons. The van der Waals surface area contributed by atoms with Gasteiger partial charge in [-0.25, -0.2) is 9.18 Å². The zero-order valence-corrected chi connectivity index (χ0v) is 16.1. The first-order chi connectivity index (χ1) is 14.8. The number of anilines is 2. The molecule has 0 saturated carbocycles. The van der Waals surface area contributed by atoms with Gasteiger partial charge >= 0.3 is 12.2 Å². The number of rotatable bonds is 3. The number of piperazine rings is 1. The van der Waals surface area contributed by atoms with Crippen LogP contribution in [0.4, 0.5) is 33.9 Å². The third-order valence-corrected chi connectivity index (χ3v) is 4.84. The molecule has 0 unspecified atom stereocenters. The van der Waals surface area contributed by atoms with Crippen LogP contribution in [-0.2, 0) is 6.18 Å². The van der Waals surface area contributed by atoms with Gasteiger partial charge in [0.2, 0.25) is 0 Å². The van der Waals surface area contributed by atoms with Gasteiger partial charge < -0.3 is 19.5 Å². The van der Waals surface area contributed by atoms with Crippen LogP contribution in [0.25, 0.3) is 11.5 Å². The molecule has 1 N–H and O–H groups in total. The van der Waals surface area contributed by atoms with E-state index in [-0.39, 0.29) is 5.69 Å². The van der Waals surface area contributed by atoms with Crippen molar-refractivity contribution in [3.8, 4) is 11.5 Å². The fourth-order valence-electron chi connectivity index (χ4n) is 3.21. The Hall–Kier alpha value is -3.63. The van der Waals surface area contributed by atoms with Crippen molar-refractivity contribution >= 4 is 17.5 Å². The predicted octanol–water partition coefficient (Wildman–Crippen LogP) is 4.25. The number of nitrogens with one attached hydrogen (secondary N) is 1. The molecule has 4 rings (SSSR count). The second-order valence-corrected chi connectivity index (χ2v) is 6.85. The molecule has 2 aromatic heterocycles. The Labute approximate surface area is 174 Å². The average Bonchev–Trinajstić information content (AvgIpc) is 3.29. The van der Waals surface area contributed by atoms with Crippen LogP contribution in [-0.4, -0.2) is 47.3 Å². The Morgan fingerprint density at radius 3 is 2.42 bits per heavy atom. The number of urea groups is 1. The van der Waals surface area contributed by atoms with E-state index in [0.29, 0.717) is 55.6 Å². The van der Waals surface area contributed by atoms with E-state index in [9.17, 15) is 22.4 Å². The number of furan rings is 1. The maximum Gasteiger partial charge on any atom is 0.419 e. The van der Waals surface area contributed by atoms with Crippen LogP contribution in [0.5, 0.6) is 0 Å². The SMILES string of the molecule is O=C(Nc1ccc(F)c(C(F)(F)F)c1)N1CCN(c2ccc(-c3ccco3)nn2)CC1. The van der Waals surface area contributed by atoms with Crippen LogP contribution in [0.15, 0.2) is 53.1 Å². The van der Waals surface area contributed by atoms with E-state index in [1.54, 1.807) is 30.5 Å². The molecule has 0 atom stereocenters. The normalized spacial score (nSPS) is 14.6. The van der Waals surface area contributed by atoms with E-state index in [0.717, 1.165) is 6.07 Å². The Morgan fingerprint density at radius 2 is 1.81 bits per heavy atom. The summed E-state index contributed by atoms with van der Waals surface area (Å²) in [6, 6.07) is 8.92. The monoisotopic (exact) mass is 435 g/mol. The van der Waals surface area contributed by atoms with Crippen molar-refractivity contribution in [3.05, 3.63) is 60.1 Å².